The summed E-state index contributed by atoms with van der Waals surface area (Å²) in [6.07, 6.45) is 4.46. The summed E-state index contributed by atoms with van der Waals surface area (Å²) in [6.45, 7) is 5.29. The van der Waals surface area contributed by atoms with Gasteiger partial charge in [-0.1, -0.05) is 6.92 Å². The molecule has 2 aromatic rings. The molecule has 2 aliphatic heterocycles. The third-order valence-corrected chi connectivity index (χ3v) is 5.21. The summed E-state index contributed by atoms with van der Waals surface area (Å²) in [4.78, 5) is 21.2. The van der Waals surface area contributed by atoms with E-state index in [1.165, 1.54) is 0 Å². The van der Waals surface area contributed by atoms with Crippen molar-refractivity contribution in [2.24, 2.45) is 11.8 Å². The van der Waals surface area contributed by atoms with Gasteiger partial charge in [0.25, 0.3) is 0 Å². The van der Waals surface area contributed by atoms with Gasteiger partial charge in [0.05, 0.1) is 6.20 Å². The van der Waals surface area contributed by atoms with Crippen LogP contribution in [-0.2, 0) is 4.79 Å². The van der Waals surface area contributed by atoms with Gasteiger partial charge in [-0.2, -0.15) is 0 Å². The average molecular weight is 325 g/mol. The molecule has 6 nitrogen and oxygen atoms in total. The number of hydrogen-bond acceptors (Lipinski definition) is 4. The lowest BCUT2D eigenvalue weighted by molar-refractivity contribution is -0.130. The van der Waals surface area contributed by atoms with Crippen molar-refractivity contribution in [3.8, 4) is 5.75 Å². The zero-order chi connectivity index (χ0) is 16.8. The zero-order valence-electron chi connectivity index (χ0n) is 13.8. The molecule has 0 saturated carbocycles. The van der Waals surface area contributed by atoms with Crippen LogP contribution in [0.3, 0.4) is 0 Å². The third-order valence-electron chi connectivity index (χ3n) is 5.21. The summed E-state index contributed by atoms with van der Waals surface area (Å²) in [5.74, 6) is 3.06. The topological polar surface area (TPSA) is 78.5 Å². The van der Waals surface area contributed by atoms with Gasteiger partial charge in [0.2, 0.25) is 5.91 Å². The molecule has 0 aromatic carbocycles. The molecule has 0 radical (unpaired) electrons. The van der Waals surface area contributed by atoms with Crippen LogP contribution in [0.15, 0.2) is 24.4 Å². The zero-order valence-corrected chi connectivity index (χ0v) is 13.8. The van der Waals surface area contributed by atoms with E-state index in [2.05, 4.69) is 16.9 Å². The van der Waals surface area contributed by atoms with Crippen LogP contribution in [0.2, 0.25) is 0 Å². The number of nitrogens with one attached hydrogen (secondary N) is 1. The first-order chi connectivity index (χ1) is 11.5. The molecule has 0 bridgehead atoms. The second-order valence-corrected chi connectivity index (χ2v) is 6.71. The summed E-state index contributed by atoms with van der Waals surface area (Å²) in [5.41, 5.74) is 2.83. The predicted octanol–water partition coefficient (Wildman–Crippen LogP) is 1.86. The van der Waals surface area contributed by atoms with Crippen LogP contribution in [0.25, 0.3) is 16.6 Å². The number of carbonyl (C=O) groups excluding carboxylic acids is 1. The van der Waals surface area contributed by atoms with Crippen LogP contribution in [-0.4, -0.2) is 46.0 Å². The molecule has 0 aliphatic carbocycles. The van der Waals surface area contributed by atoms with E-state index in [9.17, 15) is 9.82 Å². The van der Waals surface area contributed by atoms with Crippen molar-refractivity contribution < 1.29 is 14.5 Å². The molecule has 2 aliphatic rings. The van der Waals surface area contributed by atoms with E-state index in [1.54, 1.807) is 19.1 Å². The first kappa shape index (κ1) is 15.3. The molecule has 7 heteroatoms. The molecule has 1 fully saturated rings. The highest BCUT2D eigenvalue weighted by Crippen LogP contribution is 2.43. The van der Waals surface area contributed by atoms with Gasteiger partial charge in [0.15, 0.2) is 0 Å². The molecule has 0 spiro atoms. The number of H-pyrrole nitrogens is 1. The van der Waals surface area contributed by atoms with Crippen molar-refractivity contribution in [3.05, 3.63) is 30.0 Å². The number of nitrogens with zero attached hydrogens (tertiary/aromatic N) is 2. The van der Waals surface area contributed by atoms with Crippen LogP contribution < -0.4 is 4.65 Å². The number of pyridine rings is 1. The Morgan fingerprint density at radius 3 is 3.17 bits per heavy atom. The van der Waals surface area contributed by atoms with E-state index in [0.29, 0.717) is 18.2 Å². The van der Waals surface area contributed by atoms with Crippen molar-refractivity contribution in [1.29, 1.82) is 0 Å². The number of rotatable bonds is 1. The Morgan fingerprint density at radius 1 is 1.54 bits per heavy atom. The highest BCUT2D eigenvalue weighted by Gasteiger charge is 2.36. The molecule has 4 heterocycles. The lowest BCUT2D eigenvalue weighted by Crippen LogP contribution is -2.43. The van der Waals surface area contributed by atoms with Crippen LogP contribution in [0, 0.1) is 11.8 Å². The maximum atomic E-state index is 11.8. The standard InChI is InChI=1S/C17H20BN3O3/c1-10-4-6-21(11(2)22)9-14(10)13-7-18(23)24-15-8-20-17-12(16(13)15)3-5-19-17/h3,5,7-8,10,14,23H,4,6,9H2,1-2H3,(H,19,20). The van der Waals surface area contributed by atoms with Crippen molar-refractivity contribution >= 4 is 29.6 Å². The molecule has 1 amide bonds. The molecule has 2 unspecified atom stereocenters. The normalized spacial score (nSPS) is 23.7. The van der Waals surface area contributed by atoms with Crippen molar-refractivity contribution in [2.75, 3.05) is 13.1 Å². The first-order valence-electron chi connectivity index (χ1n) is 8.33. The molecule has 1 saturated heterocycles. The summed E-state index contributed by atoms with van der Waals surface area (Å²) >= 11 is 0. The molecule has 2 atom stereocenters. The minimum atomic E-state index is -0.981. The van der Waals surface area contributed by atoms with E-state index in [4.69, 9.17) is 4.65 Å². The summed E-state index contributed by atoms with van der Waals surface area (Å²) in [5, 5.41) is 11.1. The average Bonchev–Trinajstić information content (AvgIpc) is 3.02. The van der Waals surface area contributed by atoms with Gasteiger partial charge in [-0.05, 0) is 30.0 Å². The van der Waals surface area contributed by atoms with E-state index < -0.39 is 7.12 Å². The Morgan fingerprint density at radius 2 is 2.38 bits per heavy atom. The number of piperidine rings is 1. The number of carbonyl (C=O) groups is 1. The molecular formula is C17H20BN3O3. The maximum absolute atomic E-state index is 11.8. The van der Waals surface area contributed by atoms with Gasteiger partial charge >= 0.3 is 7.12 Å². The van der Waals surface area contributed by atoms with Crippen LogP contribution in [0.1, 0.15) is 25.8 Å². The minimum absolute atomic E-state index is 0.0989. The molecule has 4 rings (SSSR count). The first-order valence-corrected chi connectivity index (χ1v) is 8.33. The number of hydrogen-bond donors (Lipinski definition) is 2. The fourth-order valence-electron chi connectivity index (χ4n) is 3.85. The fraction of sp³-hybridized carbons (Fsp3) is 0.412. The van der Waals surface area contributed by atoms with Gasteiger partial charge in [-0.15, -0.1) is 0 Å². The molecule has 24 heavy (non-hydrogen) atoms. The lowest BCUT2D eigenvalue weighted by atomic mass is 9.72. The molecule has 124 valence electrons. The monoisotopic (exact) mass is 325 g/mol. The lowest BCUT2D eigenvalue weighted by Gasteiger charge is -2.39. The van der Waals surface area contributed by atoms with Crippen molar-refractivity contribution in [3.63, 3.8) is 0 Å². The number of fused-ring (bicyclic) bond motifs is 3. The van der Waals surface area contributed by atoms with Gasteiger partial charge < -0.3 is 19.6 Å². The van der Waals surface area contributed by atoms with Gasteiger partial charge in [-0.3, -0.25) is 4.79 Å². The number of aromatic amines is 1. The Hall–Kier alpha value is -2.28. The van der Waals surface area contributed by atoms with E-state index in [0.717, 1.165) is 35.1 Å². The number of aromatic nitrogens is 2. The van der Waals surface area contributed by atoms with Crippen LogP contribution >= 0.6 is 0 Å². The summed E-state index contributed by atoms with van der Waals surface area (Å²) < 4.78 is 5.56. The minimum Gasteiger partial charge on any atom is -0.531 e. The molecular weight excluding hydrogens is 305 g/mol. The smallest absolute Gasteiger partial charge is 0.531 e. The second kappa shape index (κ2) is 5.67. The van der Waals surface area contributed by atoms with Crippen molar-refractivity contribution in [1.82, 2.24) is 14.9 Å². The Labute approximate surface area is 140 Å². The Balaban J connectivity index is 1.82. The SMILES string of the molecule is CC(=O)N1CCC(C)C(C2=CB(O)Oc3cnc4[nH]ccc4c32)C1. The molecule has 2 N–H and O–H groups in total. The highest BCUT2D eigenvalue weighted by molar-refractivity contribution is 6.52. The van der Waals surface area contributed by atoms with Gasteiger partial charge in [0.1, 0.15) is 11.4 Å². The van der Waals surface area contributed by atoms with Crippen LogP contribution in [0.4, 0.5) is 0 Å². The van der Waals surface area contributed by atoms with Crippen molar-refractivity contribution in [2.45, 2.75) is 20.3 Å². The predicted molar refractivity (Wildman–Crippen MR) is 92.2 cm³/mol. The maximum Gasteiger partial charge on any atom is 0.552 e. The number of likely N-dealkylation sites (tertiary alicyclic amines) is 1. The summed E-state index contributed by atoms with van der Waals surface area (Å²) in [7, 11) is -0.981. The Kier molecular flexibility index (Phi) is 3.60. The number of amides is 1. The highest BCUT2D eigenvalue weighted by atomic mass is 16.5. The quantitative estimate of drug-likeness (QED) is 0.785. The van der Waals surface area contributed by atoms with E-state index in [-0.39, 0.29) is 11.8 Å². The van der Waals surface area contributed by atoms with Gasteiger partial charge in [0, 0.05) is 43.1 Å². The fourth-order valence-corrected chi connectivity index (χ4v) is 3.85. The van der Waals surface area contributed by atoms with Crippen LogP contribution in [0.5, 0.6) is 5.75 Å². The second-order valence-electron chi connectivity index (χ2n) is 6.71. The largest absolute Gasteiger partial charge is 0.552 e. The Bertz CT molecular complexity index is 832. The molecule has 2 aromatic heterocycles. The van der Waals surface area contributed by atoms with Gasteiger partial charge in [-0.25, -0.2) is 4.98 Å². The van der Waals surface area contributed by atoms with E-state index in [1.807, 2.05) is 17.2 Å². The third kappa shape index (κ3) is 2.40. The summed E-state index contributed by atoms with van der Waals surface area (Å²) in [6, 6.07) is 1.98. The van der Waals surface area contributed by atoms with E-state index >= 15 is 0 Å².